The van der Waals surface area contributed by atoms with Crippen molar-refractivity contribution in [1.29, 1.82) is 0 Å². The summed E-state index contributed by atoms with van der Waals surface area (Å²) in [6, 6.07) is 0. The SMILES string of the molecule is FC(F)(F)C(F)(F)C(F)(F)C(F)(F)C(F)(F)C(F)(F)C(F)(F)c1noc2c1CCCC2. The van der Waals surface area contributed by atoms with Crippen molar-refractivity contribution in [2.75, 3.05) is 0 Å². The first-order chi connectivity index (χ1) is 13.6. The first-order valence-corrected chi connectivity index (χ1v) is 7.90. The summed E-state index contributed by atoms with van der Waals surface area (Å²) >= 11 is 0. The van der Waals surface area contributed by atoms with E-state index in [-0.39, 0.29) is 19.3 Å². The minimum atomic E-state index is -8.31. The molecule has 31 heavy (non-hydrogen) atoms. The van der Waals surface area contributed by atoms with Crippen LogP contribution in [0.15, 0.2) is 4.52 Å². The van der Waals surface area contributed by atoms with Gasteiger partial charge in [-0.1, -0.05) is 5.16 Å². The number of alkyl halides is 15. The maximum absolute atomic E-state index is 14.2. The van der Waals surface area contributed by atoms with Gasteiger partial charge in [-0.25, -0.2) is 0 Å². The molecule has 0 N–H and O–H groups in total. The maximum Gasteiger partial charge on any atom is 0.460 e. The van der Waals surface area contributed by atoms with E-state index in [0.29, 0.717) is 0 Å². The van der Waals surface area contributed by atoms with Gasteiger partial charge in [0.05, 0.1) is 0 Å². The summed E-state index contributed by atoms with van der Waals surface area (Å²) in [5.41, 5.74) is -3.28. The third-order valence-corrected chi connectivity index (χ3v) is 4.58. The molecule has 0 unspecified atom stereocenters. The second kappa shape index (κ2) is 6.83. The van der Waals surface area contributed by atoms with Crippen molar-refractivity contribution in [3.8, 4) is 0 Å². The summed E-state index contributed by atoms with van der Waals surface area (Å²) in [6.07, 6.45) is -8.17. The molecule has 1 heterocycles. The van der Waals surface area contributed by atoms with Crippen LogP contribution in [0.2, 0.25) is 0 Å². The number of fused-ring (bicyclic) bond motifs is 1. The summed E-state index contributed by atoms with van der Waals surface area (Å²) in [5, 5.41) is 2.38. The molecule has 0 spiro atoms. The molecule has 0 saturated carbocycles. The highest BCUT2D eigenvalue weighted by molar-refractivity contribution is 5.31. The Bertz CT molecular complexity index is 822. The molecule has 1 aliphatic carbocycles. The van der Waals surface area contributed by atoms with E-state index in [1.807, 2.05) is 0 Å². The van der Waals surface area contributed by atoms with Crippen molar-refractivity contribution in [2.45, 2.75) is 67.4 Å². The van der Waals surface area contributed by atoms with Crippen LogP contribution < -0.4 is 0 Å². The number of aryl methyl sites for hydroxylation is 1. The first-order valence-electron chi connectivity index (χ1n) is 7.90. The molecular formula is C14H8F15NO. The molecule has 0 atom stereocenters. The van der Waals surface area contributed by atoms with Crippen molar-refractivity contribution in [1.82, 2.24) is 5.16 Å². The van der Waals surface area contributed by atoms with Crippen LogP contribution in [-0.4, -0.2) is 40.9 Å². The summed E-state index contributed by atoms with van der Waals surface area (Å²) in [7, 11) is 0. The second-order valence-electron chi connectivity index (χ2n) is 6.58. The van der Waals surface area contributed by atoms with Crippen LogP contribution in [0.3, 0.4) is 0 Å². The topological polar surface area (TPSA) is 26.0 Å². The minimum Gasteiger partial charge on any atom is -0.361 e. The molecule has 1 aromatic rings. The average Bonchev–Trinajstić information content (AvgIpc) is 3.04. The third-order valence-electron chi connectivity index (χ3n) is 4.58. The van der Waals surface area contributed by atoms with Crippen LogP contribution in [0.1, 0.15) is 29.9 Å². The molecule has 17 heteroatoms. The van der Waals surface area contributed by atoms with Crippen molar-refractivity contribution in [3.05, 3.63) is 17.0 Å². The molecule has 0 bridgehead atoms. The number of nitrogens with zero attached hydrogens (tertiary/aromatic N) is 1. The number of halogens is 15. The van der Waals surface area contributed by atoms with Gasteiger partial charge in [-0.05, 0) is 19.3 Å². The van der Waals surface area contributed by atoms with E-state index in [9.17, 15) is 65.9 Å². The summed E-state index contributed by atoms with van der Waals surface area (Å²) < 4.78 is 203. The Morgan fingerprint density at radius 1 is 0.548 bits per heavy atom. The van der Waals surface area contributed by atoms with Gasteiger partial charge in [0.15, 0.2) is 5.69 Å². The molecule has 0 aromatic carbocycles. The molecule has 2 rings (SSSR count). The van der Waals surface area contributed by atoms with E-state index in [4.69, 9.17) is 0 Å². The largest absolute Gasteiger partial charge is 0.460 e. The standard InChI is InChI=1S/C14H8F15NO/c15-8(16,7-5-3-1-2-4-6(5)31-30-7)9(17,18)10(19,20)11(21,22)12(23,24)13(25,26)14(27,28)29/h1-4H2. The Labute approximate surface area is 161 Å². The van der Waals surface area contributed by atoms with Crippen molar-refractivity contribution >= 4 is 0 Å². The van der Waals surface area contributed by atoms with E-state index in [0.717, 1.165) is 0 Å². The predicted molar refractivity (Wildman–Crippen MR) is 67.8 cm³/mol. The highest BCUT2D eigenvalue weighted by Gasteiger charge is 2.93. The molecule has 0 radical (unpaired) electrons. The highest BCUT2D eigenvalue weighted by Crippen LogP contribution is 2.63. The van der Waals surface area contributed by atoms with Gasteiger partial charge in [0.2, 0.25) is 0 Å². The third kappa shape index (κ3) is 3.15. The molecule has 0 saturated heterocycles. The monoisotopic (exact) mass is 491 g/mol. The Morgan fingerprint density at radius 2 is 0.968 bits per heavy atom. The molecule has 1 aromatic heterocycles. The van der Waals surface area contributed by atoms with Gasteiger partial charge >= 0.3 is 41.7 Å². The van der Waals surface area contributed by atoms with Crippen LogP contribution in [-0.2, 0) is 18.8 Å². The maximum atomic E-state index is 14.2. The average molecular weight is 491 g/mol. The van der Waals surface area contributed by atoms with Gasteiger partial charge in [-0.15, -0.1) is 0 Å². The van der Waals surface area contributed by atoms with E-state index < -0.39 is 65.1 Å². The van der Waals surface area contributed by atoms with Crippen LogP contribution in [0, 0.1) is 0 Å². The van der Waals surface area contributed by atoms with Crippen molar-refractivity contribution in [3.63, 3.8) is 0 Å². The van der Waals surface area contributed by atoms with E-state index in [2.05, 4.69) is 9.68 Å². The predicted octanol–water partition coefficient (Wildman–Crippen LogP) is 6.38. The molecular weight excluding hydrogens is 483 g/mol. The van der Waals surface area contributed by atoms with Gasteiger partial charge in [0, 0.05) is 12.0 Å². The minimum absolute atomic E-state index is 0.00864. The summed E-state index contributed by atoms with van der Waals surface area (Å²) in [6.45, 7) is 0. The lowest BCUT2D eigenvalue weighted by Crippen LogP contribution is -2.72. The van der Waals surface area contributed by atoms with E-state index >= 15 is 0 Å². The summed E-state index contributed by atoms with van der Waals surface area (Å²) in [5.74, 6) is -47.4. The van der Waals surface area contributed by atoms with Crippen LogP contribution in [0.4, 0.5) is 65.9 Å². The number of hydrogen-bond donors (Lipinski definition) is 0. The summed E-state index contributed by atoms with van der Waals surface area (Å²) in [4.78, 5) is 0. The Balaban J connectivity index is 2.62. The zero-order valence-electron chi connectivity index (χ0n) is 14.4. The van der Waals surface area contributed by atoms with E-state index in [1.54, 1.807) is 0 Å². The zero-order valence-corrected chi connectivity index (χ0v) is 14.4. The molecule has 0 fully saturated rings. The quantitative estimate of drug-likeness (QED) is 0.432. The molecule has 0 amide bonds. The lowest BCUT2D eigenvalue weighted by molar-refractivity contribution is -0.454. The number of aromatic nitrogens is 1. The fraction of sp³-hybridized carbons (Fsp3) is 0.786. The molecule has 1 aliphatic rings. The number of rotatable bonds is 6. The lowest BCUT2D eigenvalue weighted by Gasteiger charge is -2.41. The Kier molecular flexibility index (Phi) is 5.60. The van der Waals surface area contributed by atoms with Crippen molar-refractivity contribution in [2.24, 2.45) is 0 Å². The number of hydrogen-bond acceptors (Lipinski definition) is 2. The molecule has 180 valence electrons. The van der Waals surface area contributed by atoms with Gasteiger partial charge in [0.25, 0.3) is 0 Å². The van der Waals surface area contributed by atoms with Crippen LogP contribution in [0.25, 0.3) is 0 Å². The van der Waals surface area contributed by atoms with E-state index in [1.165, 1.54) is 0 Å². The normalized spacial score (nSPS) is 17.6. The molecule has 2 nitrogen and oxygen atoms in total. The van der Waals surface area contributed by atoms with Crippen LogP contribution in [0.5, 0.6) is 0 Å². The smallest absolute Gasteiger partial charge is 0.361 e. The first kappa shape index (κ1) is 25.4. The van der Waals surface area contributed by atoms with Crippen LogP contribution >= 0.6 is 0 Å². The fourth-order valence-electron chi connectivity index (χ4n) is 2.75. The second-order valence-corrected chi connectivity index (χ2v) is 6.58. The van der Waals surface area contributed by atoms with Gasteiger partial charge in [0.1, 0.15) is 5.76 Å². The molecule has 0 aliphatic heterocycles. The van der Waals surface area contributed by atoms with Gasteiger partial charge in [-0.3, -0.25) is 0 Å². The van der Waals surface area contributed by atoms with Gasteiger partial charge < -0.3 is 4.52 Å². The lowest BCUT2D eigenvalue weighted by atomic mass is 9.87. The zero-order chi connectivity index (χ0) is 24.5. The Morgan fingerprint density at radius 3 is 1.45 bits per heavy atom. The fourth-order valence-corrected chi connectivity index (χ4v) is 2.75. The van der Waals surface area contributed by atoms with Crippen molar-refractivity contribution < 1.29 is 70.4 Å². The van der Waals surface area contributed by atoms with Gasteiger partial charge in [-0.2, -0.15) is 65.9 Å². The highest BCUT2D eigenvalue weighted by atomic mass is 19.4. The Hall–Kier alpha value is -1.84.